The van der Waals surface area contributed by atoms with Gasteiger partial charge in [0, 0.05) is 16.7 Å². The zero-order chi connectivity index (χ0) is 15.0. The zero-order valence-corrected chi connectivity index (χ0v) is 13.3. The molecule has 1 aromatic carbocycles. The second-order valence-electron chi connectivity index (χ2n) is 5.10. The molecule has 5 nitrogen and oxygen atoms in total. The smallest absolute Gasteiger partial charge is 0.274 e. The minimum Gasteiger partial charge on any atom is -0.340 e. The van der Waals surface area contributed by atoms with Crippen LogP contribution in [0.4, 0.5) is 5.95 Å². The Morgan fingerprint density at radius 1 is 1.38 bits per heavy atom. The summed E-state index contributed by atoms with van der Waals surface area (Å²) >= 11 is 3.41. The highest BCUT2D eigenvalue weighted by Gasteiger charge is 2.16. The molecule has 0 aliphatic heterocycles. The van der Waals surface area contributed by atoms with E-state index in [-0.39, 0.29) is 11.9 Å². The Morgan fingerprint density at radius 3 is 2.86 bits per heavy atom. The molecule has 0 aliphatic carbocycles. The molecule has 0 bridgehead atoms. The molecule has 0 saturated heterocycles. The third-order valence-corrected chi connectivity index (χ3v) is 3.66. The number of aromatic nitrogens is 3. The van der Waals surface area contributed by atoms with Crippen molar-refractivity contribution in [2.24, 2.45) is 0 Å². The first-order valence-electron chi connectivity index (χ1n) is 6.68. The molecule has 108 valence electrons. The van der Waals surface area contributed by atoms with E-state index in [1.807, 2.05) is 48.9 Å². The van der Waals surface area contributed by atoms with Crippen molar-refractivity contribution in [3.05, 3.63) is 46.7 Å². The third kappa shape index (κ3) is 2.71. The first kappa shape index (κ1) is 13.9. The number of fused-ring (bicyclic) bond motifs is 1. The van der Waals surface area contributed by atoms with Gasteiger partial charge in [0.1, 0.15) is 5.69 Å². The van der Waals surface area contributed by atoms with Gasteiger partial charge in [0.2, 0.25) is 5.95 Å². The van der Waals surface area contributed by atoms with Crippen LogP contribution in [0.3, 0.4) is 0 Å². The molecule has 3 rings (SSSR count). The highest BCUT2D eigenvalue weighted by atomic mass is 79.9. The number of carbonyl (C=O) groups excluding carboxylic acids is 1. The maximum absolute atomic E-state index is 12.4. The van der Waals surface area contributed by atoms with Crippen molar-refractivity contribution in [1.82, 2.24) is 14.5 Å². The number of hydrogen-bond donors (Lipinski definition) is 2. The summed E-state index contributed by atoms with van der Waals surface area (Å²) in [6.45, 7) is 4.06. The van der Waals surface area contributed by atoms with Gasteiger partial charge < -0.3 is 9.55 Å². The van der Waals surface area contributed by atoms with Crippen molar-refractivity contribution in [2.75, 3.05) is 5.32 Å². The van der Waals surface area contributed by atoms with E-state index in [1.165, 1.54) is 0 Å². The quantitative estimate of drug-likeness (QED) is 0.753. The lowest BCUT2D eigenvalue weighted by Gasteiger charge is -2.11. The van der Waals surface area contributed by atoms with Gasteiger partial charge in [0.05, 0.1) is 11.0 Å². The number of halogens is 1. The van der Waals surface area contributed by atoms with E-state index >= 15 is 0 Å². The number of aromatic amines is 1. The van der Waals surface area contributed by atoms with E-state index in [4.69, 9.17) is 0 Å². The molecule has 0 unspecified atom stereocenters. The molecule has 2 heterocycles. The average Bonchev–Trinajstić information content (AvgIpc) is 3.01. The van der Waals surface area contributed by atoms with Crippen LogP contribution in [0, 0.1) is 0 Å². The molecule has 6 heteroatoms. The second-order valence-corrected chi connectivity index (χ2v) is 6.02. The van der Waals surface area contributed by atoms with Crippen LogP contribution in [0.2, 0.25) is 0 Å². The lowest BCUT2D eigenvalue weighted by atomic mass is 10.3. The number of hydrogen-bond acceptors (Lipinski definition) is 2. The van der Waals surface area contributed by atoms with Crippen LogP contribution in [0.5, 0.6) is 0 Å². The number of rotatable bonds is 3. The molecule has 2 aromatic heterocycles. The summed E-state index contributed by atoms with van der Waals surface area (Å²) in [7, 11) is 0. The van der Waals surface area contributed by atoms with Crippen LogP contribution in [0.15, 0.2) is 41.0 Å². The minimum atomic E-state index is -0.187. The number of carbonyl (C=O) groups is 1. The van der Waals surface area contributed by atoms with Gasteiger partial charge in [-0.1, -0.05) is 12.1 Å². The summed E-state index contributed by atoms with van der Waals surface area (Å²) in [5.74, 6) is 0.266. The topological polar surface area (TPSA) is 62.7 Å². The summed E-state index contributed by atoms with van der Waals surface area (Å²) in [4.78, 5) is 19.9. The molecule has 0 saturated carbocycles. The number of imidazole rings is 1. The van der Waals surface area contributed by atoms with E-state index < -0.39 is 0 Å². The molecule has 3 aromatic rings. The summed E-state index contributed by atoms with van der Waals surface area (Å²) in [6, 6.07) is 9.66. The van der Waals surface area contributed by atoms with E-state index in [0.29, 0.717) is 11.6 Å². The number of para-hydroxylation sites is 2. The van der Waals surface area contributed by atoms with E-state index in [2.05, 4.69) is 31.2 Å². The minimum absolute atomic E-state index is 0.187. The van der Waals surface area contributed by atoms with Gasteiger partial charge in [-0.15, -0.1) is 0 Å². The number of nitrogens with one attached hydrogen (secondary N) is 2. The average molecular weight is 347 g/mol. The van der Waals surface area contributed by atoms with Gasteiger partial charge in [-0.25, -0.2) is 4.98 Å². The predicted octanol–water partition coefficient (Wildman–Crippen LogP) is 3.96. The van der Waals surface area contributed by atoms with Crippen LogP contribution >= 0.6 is 15.9 Å². The van der Waals surface area contributed by atoms with E-state index in [9.17, 15) is 4.79 Å². The molecule has 0 spiro atoms. The van der Waals surface area contributed by atoms with Gasteiger partial charge in [0.15, 0.2) is 0 Å². The van der Waals surface area contributed by atoms with Crippen molar-refractivity contribution in [1.29, 1.82) is 0 Å². The molecule has 2 N–H and O–H groups in total. The molecule has 1 amide bonds. The Kier molecular flexibility index (Phi) is 3.55. The number of nitrogens with zero attached hydrogens (tertiary/aromatic N) is 2. The van der Waals surface area contributed by atoms with Gasteiger partial charge in [0.25, 0.3) is 5.91 Å². The lowest BCUT2D eigenvalue weighted by Crippen LogP contribution is -2.18. The Labute approximate surface area is 130 Å². The van der Waals surface area contributed by atoms with Crippen molar-refractivity contribution in [3.63, 3.8) is 0 Å². The first-order valence-corrected chi connectivity index (χ1v) is 7.47. The van der Waals surface area contributed by atoms with Crippen LogP contribution in [0.25, 0.3) is 11.0 Å². The summed E-state index contributed by atoms with van der Waals surface area (Å²) in [5, 5.41) is 2.81. The van der Waals surface area contributed by atoms with Gasteiger partial charge in [-0.05, 0) is 48.0 Å². The van der Waals surface area contributed by atoms with Crippen LogP contribution in [-0.2, 0) is 0 Å². The Hall–Kier alpha value is -2.08. The monoisotopic (exact) mass is 346 g/mol. The lowest BCUT2D eigenvalue weighted by molar-refractivity contribution is 0.101. The maximum atomic E-state index is 12.4. The Morgan fingerprint density at radius 2 is 2.14 bits per heavy atom. The van der Waals surface area contributed by atoms with Gasteiger partial charge >= 0.3 is 0 Å². The Bertz CT molecular complexity index is 770. The zero-order valence-electron chi connectivity index (χ0n) is 11.7. The highest BCUT2D eigenvalue weighted by Crippen LogP contribution is 2.21. The molecule has 0 aliphatic rings. The standard InChI is InChI=1S/C15H15BrN4O/c1-9(2)20-8-10(16)7-13(20)14(21)19-15-17-11-5-3-4-6-12(11)18-15/h3-9H,1-2H3,(H2,17,18,19,21). The van der Waals surface area contributed by atoms with Crippen LogP contribution in [0.1, 0.15) is 30.4 Å². The summed E-state index contributed by atoms with van der Waals surface area (Å²) in [5.41, 5.74) is 2.32. The van der Waals surface area contributed by atoms with E-state index in [0.717, 1.165) is 15.5 Å². The van der Waals surface area contributed by atoms with Crippen molar-refractivity contribution in [3.8, 4) is 0 Å². The largest absolute Gasteiger partial charge is 0.340 e. The fourth-order valence-electron chi connectivity index (χ4n) is 2.24. The Balaban J connectivity index is 1.89. The predicted molar refractivity (Wildman–Crippen MR) is 86.6 cm³/mol. The molecule has 0 radical (unpaired) electrons. The first-order chi connectivity index (χ1) is 10.0. The number of amides is 1. The normalized spacial score (nSPS) is 11.2. The summed E-state index contributed by atoms with van der Waals surface area (Å²) in [6.07, 6.45) is 1.90. The van der Waals surface area contributed by atoms with Crippen molar-refractivity contribution < 1.29 is 4.79 Å². The fourth-order valence-corrected chi connectivity index (χ4v) is 2.68. The molecule has 21 heavy (non-hydrogen) atoms. The van der Waals surface area contributed by atoms with Crippen LogP contribution < -0.4 is 5.32 Å². The van der Waals surface area contributed by atoms with Gasteiger partial charge in [-0.2, -0.15) is 0 Å². The number of H-pyrrole nitrogens is 1. The van der Waals surface area contributed by atoms with Crippen molar-refractivity contribution >= 4 is 38.8 Å². The second kappa shape index (κ2) is 5.37. The highest BCUT2D eigenvalue weighted by molar-refractivity contribution is 9.10. The third-order valence-electron chi connectivity index (χ3n) is 3.23. The number of benzene rings is 1. The summed E-state index contributed by atoms with van der Waals surface area (Å²) < 4.78 is 2.80. The molecule has 0 fully saturated rings. The molecular formula is C15H15BrN4O. The molecule has 0 atom stereocenters. The van der Waals surface area contributed by atoms with E-state index in [1.54, 1.807) is 6.07 Å². The van der Waals surface area contributed by atoms with Crippen LogP contribution in [-0.4, -0.2) is 20.4 Å². The molecular weight excluding hydrogens is 332 g/mol. The maximum Gasteiger partial charge on any atom is 0.274 e. The van der Waals surface area contributed by atoms with Crippen molar-refractivity contribution in [2.45, 2.75) is 19.9 Å². The number of anilines is 1. The van der Waals surface area contributed by atoms with Gasteiger partial charge in [-0.3, -0.25) is 10.1 Å². The fraction of sp³-hybridized carbons (Fsp3) is 0.200. The SMILES string of the molecule is CC(C)n1cc(Br)cc1C(=O)Nc1nc2ccccc2[nH]1.